The summed E-state index contributed by atoms with van der Waals surface area (Å²) in [6.45, 7) is 3.56. The van der Waals surface area contributed by atoms with Gasteiger partial charge in [0.1, 0.15) is 0 Å². The fourth-order valence-electron chi connectivity index (χ4n) is 0.994. The first kappa shape index (κ1) is 12.0. The lowest BCUT2D eigenvalue weighted by Crippen LogP contribution is -2.24. The van der Waals surface area contributed by atoms with Gasteiger partial charge in [-0.3, -0.25) is 4.79 Å². The van der Waals surface area contributed by atoms with Crippen molar-refractivity contribution in [2.24, 2.45) is 0 Å². The second-order valence-electron chi connectivity index (χ2n) is 3.43. The number of carbonyl (C=O) groups is 1. The molecule has 1 rings (SSSR count). The zero-order valence-electron chi connectivity index (χ0n) is 7.77. The molecule has 0 saturated carbocycles. The lowest BCUT2D eigenvalue weighted by atomic mass is 10.0. The van der Waals surface area contributed by atoms with Gasteiger partial charge in [-0.2, -0.15) is 0 Å². The minimum Gasteiger partial charge on any atom is -0.293 e. The molecule has 0 N–H and O–H groups in total. The van der Waals surface area contributed by atoms with E-state index in [1.54, 1.807) is 32.0 Å². The zero-order valence-corrected chi connectivity index (χ0v) is 10.9. The fourth-order valence-corrected chi connectivity index (χ4v) is 1.70. The van der Waals surface area contributed by atoms with Crippen LogP contribution in [-0.4, -0.2) is 10.1 Å². The van der Waals surface area contributed by atoms with Crippen molar-refractivity contribution in [2.75, 3.05) is 0 Å². The molecule has 0 heterocycles. The Labute approximate surface area is 102 Å². The Hall–Kier alpha value is -0.0500. The molecule has 14 heavy (non-hydrogen) atoms. The molecule has 0 atom stereocenters. The summed E-state index contributed by atoms with van der Waals surface area (Å²) in [6, 6.07) is 4.85. The number of hydrogen-bond donors (Lipinski definition) is 0. The van der Waals surface area contributed by atoms with E-state index in [1.807, 2.05) is 0 Å². The Morgan fingerprint density at radius 2 is 1.93 bits per heavy atom. The molecule has 0 amide bonds. The third-order valence-electron chi connectivity index (χ3n) is 1.72. The molecule has 0 spiro atoms. The second kappa shape index (κ2) is 4.21. The van der Waals surface area contributed by atoms with Crippen LogP contribution in [0, 0.1) is 0 Å². The highest BCUT2D eigenvalue weighted by atomic mass is 79.9. The van der Waals surface area contributed by atoms with Crippen molar-refractivity contribution in [3.05, 3.63) is 33.8 Å². The van der Waals surface area contributed by atoms with Crippen LogP contribution in [0.4, 0.5) is 0 Å². The molecule has 0 aliphatic rings. The highest BCUT2D eigenvalue weighted by Gasteiger charge is 2.26. The maximum Gasteiger partial charge on any atom is 0.180 e. The molecule has 1 aromatic rings. The van der Waals surface area contributed by atoms with E-state index in [4.69, 9.17) is 23.2 Å². The lowest BCUT2D eigenvalue weighted by molar-refractivity contribution is 0.0961. The minimum absolute atomic E-state index is 0.0563. The monoisotopic (exact) mass is 294 g/mol. The molecule has 0 bridgehead atoms. The molecule has 0 fully saturated rings. The highest BCUT2D eigenvalue weighted by molar-refractivity contribution is 9.10. The Kier molecular flexibility index (Phi) is 3.62. The van der Waals surface area contributed by atoms with Gasteiger partial charge >= 0.3 is 0 Å². The van der Waals surface area contributed by atoms with E-state index in [0.29, 0.717) is 15.6 Å². The summed E-state index contributed by atoms with van der Waals surface area (Å²) in [5.41, 5.74) is 0.484. The van der Waals surface area contributed by atoms with Crippen LogP contribution < -0.4 is 0 Å². The Morgan fingerprint density at radius 3 is 2.36 bits per heavy atom. The number of hydrogen-bond acceptors (Lipinski definition) is 1. The summed E-state index contributed by atoms with van der Waals surface area (Å²) < 4.78 is -0.607. The van der Waals surface area contributed by atoms with Gasteiger partial charge in [0.05, 0.1) is 9.35 Å². The zero-order chi connectivity index (χ0) is 10.9. The first-order chi connectivity index (χ1) is 6.32. The predicted molar refractivity (Wildman–Crippen MR) is 63.8 cm³/mol. The maximum atomic E-state index is 11.8. The fraction of sp³-hybridized carbons (Fsp3) is 0.300. The van der Waals surface area contributed by atoms with E-state index >= 15 is 0 Å². The summed E-state index contributed by atoms with van der Waals surface area (Å²) in [4.78, 5) is 11.8. The predicted octanol–water partition coefficient (Wildman–Crippen LogP) is 4.35. The molecular formula is C10H9BrCl2O. The van der Waals surface area contributed by atoms with Crippen LogP contribution in [0.5, 0.6) is 0 Å². The normalized spacial score (nSPS) is 11.5. The quantitative estimate of drug-likeness (QED) is 0.585. The van der Waals surface area contributed by atoms with Crippen LogP contribution >= 0.6 is 39.1 Å². The van der Waals surface area contributed by atoms with Crippen molar-refractivity contribution in [1.29, 1.82) is 0 Å². The van der Waals surface area contributed by atoms with Gasteiger partial charge in [-0.05, 0) is 32.0 Å². The standard InChI is InChI=1S/C10H9BrCl2O/c1-10(2,11)9(14)7-4-3-6(12)5-8(7)13/h3-5H,1-2H3. The van der Waals surface area contributed by atoms with Gasteiger partial charge in [-0.25, -0.2) is 0 Å². The number of rotatable bonds is 2. The van der Waals surface area contributed by atoms with Crippen LogP contribution in [0.1, 0.15) is 24.2 Å². The largest absolute Gasteiger partial charge is 0.293 e. The third kappa shape index (κ3) is 2.72. The topological polar surface area (TPSA) is 17.1 Å². The van der Waals surface area contributed by atoms with Crippen molar-refractivity contribution in [3.63, 3.8) is 0 Å². The molecule has 76 valence electrons. The van der Waals surface area contributed by atoms with Crippen molar-refractivity contribution in [1.82, 2.24) is 0 Å². The SMILES string of the molecule is CC(C)(Br)C(=O)c1ccc(Cl)cc1Cl. The first-order valence-electron chi connectivity index (χ1n) is 4.01. The van der Waals surface area contributed by atoms with E-state index in [9.17, 15) is 4.79 Å². The third-order valence-corrected chi connectivity index (χ3v) is 2.62. The van der Waals surface area contributed by atoms with Crippen LogP contribution in [0.25, 0.3) is 0 Å². The summed E-state index contributed by atoms with van der Waals surface area (Å²) in [6.07, 6.45) is 0. The molecular weight excluding hydrogens is 287 g/mol. The molecule has 0 radical (unpaired) electrons. The molecule has 1 nitrogen and oxygen atoms in total. The smallest absolute Gasteiger partial charge is 0.180 e. The average Bonchev–Trinajstić information content (AvgIpc) is 2.01. The maximum absolute atomic E-state index is 11.8. The van der Waals surface area contributed by atoms with Crippen molar-refractivity contribution < 1.29 is 4.79 Å². The molecule has 0 unspecified atom stereocenters. The number of Topliss-reactive ketones (excluding diaryl/α,β-unsaturated/α-hetero) is 1. The van der Waals surface area contributed by atoms with E-state index in [-0.39, 0.29) is 5.78 Å². The summed E-state index contributed by atoms with van der Waals surface area (Å²) >= 11 is 14.9. The average molecular weight is 296 g/mol. The highest BCUT2D eigenvalue weighted by Crippen LogP contribution is 2.28. The molecule has 0 aliphatic carbocycles. The van der Waals surface area contributed by atoms with Crippen LogP contribution in [0.2, 0.25) is 10.0 Å². The van der Waals surface area contributed by atoms with Gasteiger partial charge in [0, 0.05) is 10.6 Å². The number of ketones is 1. The lowest BCUT2D eigenvalue weighted by Gasteiger charge is -2.15. The van der Waals surface area contributed by atoms with Crippen molar-refractivity contribution in [3.8, 4) is 0 Å². The van der Waals surface area contributed by atoms with Crippen LogP contribution in [0.3, 0.4) is 0 Å². The number of carbonyl (C=O) groups excluding carboxylic acids is 1. The van der Waals surface area contributed by atoms with Crippen molar-refractivity contribution in [2.45, 2.75) is 18.2 Å². The molecule has 4 heteroatoms. The van der Waals surface area contributed by atoms with Crippen molar-refractivity contribution >= 4 is 44.9 Å². The van der Waals surface area contributed by atoms with E-state index in [0.717, 1.165) is 0 Å². The minimum atomic E-state index is -0.607. The van der Waals surface area contributed by atoms with E-state index in [2.05, 4.69) is 15.9 Å². The molecule has 0 aliphatic heterocycles. The summed E-state index contributed by atoms with van der Waals surface area (Å²) in [5.74, 6) is -0.0563. The molecule has 0 saturated heterocycles. The molecule has 0 aromatic heterocycles. The Balaban J connectivity index is 3.15. The number of alkyl halides is 1. The Bertz CT molecular complexity index is 369. The van der Waals surface area contributed by atoms with Gasteiger partial charge in [-0.15, -0.1) is 0 Å². The van der Waals surface area contributed by atoms with Gasteiger partial charge in [-0.1, -0.05) is 39.1 Å². The number of halogens is 3. The summed E-state index contributed by atoms with van der Waals surface area (Å²) in [7, 11) is 0. The van der Waals surface area contributed by atoms with Crippen LogP contribution in [0.15, 0.2) is 18.2 Å². The van der Waals surface area contributed by atoms with E-state index < -0.39 is 4.32 Å². The second-order valence-corrected chi connectivity index (χ2v) is 6.25. The van der Waals surface area contributed by atoms with Crippen LogP contribution in [-0.2, 0) is 0 Å². The van der Waals surface area contributed by atoms with Gasteiger partial charge in [0.25, 0.3) is 0 Å². The summed E-state index contributed by atoms with van der Waals surface area (Å²) in [5, 5.41) is 0.911. The first-order valence-corrected chi connectivity index (χ1v) is 5.56. The van der Waals surface area contributed by atoms with Gasteiger partial charge < -0.3 is 0 Å². The van der Waals surface area contributed by atoms with Gasteiger partial charge in [0.2, 0.25) is 0 Å². The number of benzene rings is 1. The molecule has 1 aromatic carbocycles. The Morgan fingerprint density at radius 1 is 1.36 bits per heavy atom. The van der Waals surface area contributed by atoms with Gasteiger partial charge in [0.15, 0.2) is 5.78 Å². The van der Waals surface area contributed by atoms with E-state index in [1.165, 1.54) is 0 Å².